The summed E-state index contributed by atoms with van der Waals surface area (Å²) in [6, 6.07) is 14.1. The van der Waals surface area contributed by atoms with E-state index in [1.165, 1.54) is 12.1 Å². The quantitative estimate of drug-likeness (QED) is 0.820. The Morgan fingerprint density at radius 1 is 1.00 bits per heavy atom. The molecule has 0 aromatic heterocycles. The van der Waals surface area contributed by atoms with Crippen molar-refractivity contribution in [2.45, 2.75) is 4.90 Å². The Balaban J connectivity index is 1.69. The van der Waals surface area contributed by atoms with Gasteiger partial charge in [0.05, 0.1) is 12.0 Å². The average molecular weight is 374 g/mol. The van der Waals surface area contributed by atoms with Gasteiger partial charge in [-0.15, -0.1) is 0 Å². The molecule has 3 rings (SSSR count). The van der Waals surface area contributed by atoms with E-state index in [0.717, 1.165) is 17.7 Å². The van der Waals surface area contributed by atoms with Crippen LogP contribution in [0.3, 0.4) is 0 Å². The van der Waals surface area contributed by atoms with Crippen molar-refractivity contribution in [3.8, 4) is 5.75 Å². The minimum atomic E-state index is -3.33. The number of sulfone groups is 1. The minimum absolute atomic E-state index is 0.138. The number of amides is 1. The number of carbonyl (C=O) groups is 1. The van der Waals surface area contributed by atoms with Gasteiger partial charge < -0.3 is 14.5 Å². The molecule has 0 spiro atoms. The predicted molar refractivity (Wildman–Crippen MR) is 101 cm³/mol. The van der Waals surface area contributed by atoms with Crippen LogP contribution < -0.4 is 9.64 Å². The van der Waals surface area contributed by atoms with Gasteiger partial charge in [-0.1, -0.05) is 12.1 Å². The van der Waals surface area contributed by atoms with Crippen LogP contribution in [0.1, 0.15) is 10.4 Å². The van der Waals surface area contributed by atoms with Crippen LogP contribution in [0, 0.1) is 0 Å². The normalized spacial score (nSPS) is 15.0. The molecule has 0 bridgehead atoms. The zero-order valence-corrected chi connectivity index (χ0v) is 15.7. The van der Waals surface area contributed by atoms with E-state index in [1.807, 2.05) is 24.3 Å². The fourth-order valence-electron chi connectivity index (χ4n) is 3.02. The first-order valence-corrected chi connectivity index (χ1v) is 10.3. The number of ether oxygens (including phenoxy) is 1. The molecule has 1 saturated heterocycles. The third-order valence-corrected chi connectivity index (χ3v) is 5.60. The molecular weight excluding hydrogens is 352 g/mol. The largest absolute Gasteiger partial charge is 0.497 e. The second kappa shape index (κ2) is 7.37. The highest BCUT2D eigenvalue weighted by Gasteiger charge is 2.23. The summed E-state index contributed by atoms with van der Waals surface area (Å²) in [6.07, 6.45) is 1.14. The molecule has 0 unspecified atom stereocenters. The topological polar surface area (TPSA) is 66.9 Å². The second-order valence-corrected chi connectivity index (χ2v) is 8.30. The summed E-state index contributed by atoms with van der Waals surface area (Å²) in [5.41, 5.74) is 1.47. The predicted octanol–water partition coefficient (Wildman–Crippen LogP) is 2.06. The summed E-state index contributed by atoms with van der Waals surface area (Å²) in [6.45, 7) is 2.59. The van der Waals surface area contributed by atoms with E-state index in [-0.39, 0.29) is 10.8 Å². The Hall–Kier alpha value is -2.54. The van der Waals surface area contributed by atoms with Gasteiger partial charge >= 0.3 is 0 Å². The fraction of sp³-hybridized carbons (Fsp3) is 0.316. The van der Waals surface area contributed by atoms with Gasteiger partial charge in [0.25, 0.3) is 5.91 Å². The zero-order valence-electron chi connectivity index (χ0n) is 14.9. The molecule has 0 atom stereocenters. The number of piperazine rings is 1. The van der Waals surface area contributed by atoms with Crippen molar-refractivity contribution in [2.75, 3.05) is 44.4 Å². The van der Waals surface area contributed by atoms with Crippen LogP contribution in [0.15, 0.2) is 53.4 Å². The van der Waals surface area contributed by atoms with E-state index in [2.05, 4.69) is 4.90 Å². The maximum Gasteiger partial charge on any atom is 0.254 e. The number of rotatable bonds is 4. The number of methoxy groups -OCH3 is 1. The molecule has 0 N–H and O–H groups in total. The van der Waals surface area contributed by atoms with E-state index in [0.29, 0.717) is 31.7 Å². The second-order valence-electron chi connectivity index (χ2n) is 6.28. The summed E-state index contributed by atoms with van der Waals surface area (Å²) in [4.78, 5) is 16.8. The Kier molecular flexibility index (Phi) is 5.18. The summed E-state index contributed by atoms with van der Waals surface area (Å²) < 4.78 is 28.6. The van der Waals surface area contributed by atoms with Gasteiger partial charge in [0.2, 0.25) is 0 Å². The summed E-state index contributed by atoms with van der Waals surface area (Å²) >= 11 is 0. The highest BCUT2D eigenvalue weighted by Crippen LogP contribution is 2.22. The minimum Gasteiger partial charge on any atom is -0.497 e. The van der Waals surface area contributed by atoms with Crippen molar-refractivity contribution in [1.29, 1.82) is 0 Å². The van der Waals surface area contributed by atoms with Gasteiger partial charge in [0.15, 0.2) is 9.84 Å². The summed E-state index contributed by atoms with van der Waals surface area (Å²) in [5.74, 6) is 0.666. The van der Waals surface area contributed by atoms with E-state index in [4.69, 9.17) is 4.74 Å². The third kappa shape index (κ3) is 3.99. The van der Waals surface area contributed by atoms with Gasteiger partial charge in [-0.2, -0.15) is 0 Å². The zero-order chi connectivity index (χ0) is 18.7. The molecule has 2 aromatic carbocycles. The molecule has 26 heavy (non-hydrogen) atoms. The van der Waals surface area contributed by atoms with Crippen LogP contribution in [-0.2, 0) is 9.84 Å². The molecule has 6 nitrogen and oxygen atoms in total. The lowest BCUT2D eigenvalue weighted by Crippen LogP contribution is -2.48. The standard InChI is InChI=1S/C19H22N2O4S/c1-25-17-7-4-6-16(14-17)20-9-11-21(12-10-20)19(22)15-5-3-8-18(13-15)26(2,23)24/h3-8,13-14H,9-12H2,1-2H3. The Bertz CT molecular complexity index is 903. The molecule has 0 radical (unpaired) electrons. The summed E-state index contributed by atoms with van der Waals surface area (Å²) in [7, 11) is -1.69. The van der Waals surface area contributed by atoms with Crippen molar-refractivity contribution in [3.63, 3.8) is 0 Å². The van der Waals surface area contributed by atoms with Crippen LogP contribution in [0.2, 0.25) is 0 Å². The molecule has 1 amide bonds. The number of anilines is 1. The van der Waals surface area contributed by atoms with Crippen LogP contribution in [-0.4, -0.2) is 58.8 Å². The monoisotopic (exact) mass is 374 g/mol. The van der Waals surface area contributed by atoms with E-state index < -0.39 is 9.84 Å². The molecule has 1 fully saturated rings. The van der Waals surface area contributed by atoms with Gasteiger partial charge in [-0.25, -0.2) is 8.42 Å². The van der Waals surface area contributed by atoms with E-state index in [1.54, 1.807) is 24.1 Å². The molecule has 0 aliphatic carbocycles. The van der Waals surface area contributed by atoms with Crippen molar-refractivity contribution >= 4 is 21.4 Å². The van der Waals surface area contributed by atoms with Gasteiger partial charge in [0.1, 0.15) is 5.75 Å². The lowest BCUT2D eigenvalue weighted by Gasteiger charge is -2.36. The molecule has 1 heterocycles. The molecule has 7 heteroatoms. The van der Waals surface area contributed by atoms with Crippen LogP contribution in [0.25, 0.3) is 0 Å². The Morgan fingerprint density at radius 3 is 2.35 bits per heavy atom. The van der Waals surface area contributed by atoms with Crippen LogP contribution in [0.5, 0.6) is 5.75 Å². The number of hydrogen-bond acceptors (Lipinski definition) is 5. The van der Waals surface area contributed by atoms with Crippen molar-refractivity contribution in [1.82, 2.24) is 4.90 Å². The molecular formula is C19H22N2O4S. The lowest BCUT2D eigenvalue weighted by molar-refractivity contribution is 0.0746. The van der Waals surface area contributed by atoms with E-state index >= 15 is 0 Å². The molecule has 1 aliphatic heterocycles. The first kappa shape index (κ1) is 18.3. The van der Waals surface area contributed by atoms with Crippen LogP contribution >= 0.6 is 0 Å². The van der Waals surface area contributed by atoms with Gasteiger partial charge in [0, 0.05) is 49.8 Å². The Labute approximate surface area is 153 Å². The highest BCUT2D eigenvalue weighted by atomic mass is 32.2. The summed E-state index contributed by atoms with van der Waals surface area (Å²) in [5, 5.41) is 0. The first-order chi connectivity index (χ1) is 12.4. The molecule has 2 aromatic rings. The molecule has 1 aliphatic rings. The third-order valence-electron chi connectivity index (χ3n) is 4.49. The number of carbonyl (C=O) groups excluding carboxylic acids is 1. The van der Waals surface area contributed by atoms with E-state index in [9.17, 15) is 13.2 Å². The molecule has 0 saturated carbocycles. The number of hydrogen-bond donors (Lipinski definition) is 0. The lowest BCUT2D eigenvalue weighted by atomic mass is 10.1. The average Bonchev–Trinajstić information content (AvgIpc) is 2.67. The van der Waals surface area contributed by atoms with Crippen molar-refractivity contribution in [3.05, 3.63) is 54.1 Å². The van der Waals surface area contributed by atoms with Crippen LogP contribution in [0.4, 0.5) is 5.69 Å². The van der Waals surface area contributed by atoms with Gasteiger partial charge in [-0.05, 0) is 30.3 Å². The van der Waals surface area contributed by atoms with Gasteiger partial charge in [-0.3, -0.25) is 4.79 Å². The fourth-order valence-corrected chi connectivity index (χ4v) is 3.68. The maximum atomic E-state index is 12.7. The highest BCUT2D eigenvalue weighted by molar-refractivity contribution is 7.90. The SMILES string of the molecule is COc1cccc(N2CCN(C(=O)c3cccc(S(C)(=O)=O)c3)CC2)c1. The Morgan fingerprint density at radius 2 is 1.69 bits per heavy atom. The first-order valence-electron chi connectivity index (χ1n) is 8.37. The van der Waals surface area contributed by atoms with Crippen molar-refractivity contribution < 1.29 is 17.9 Å². The number of nitrogens with zero attached hydrogens (tertiary/aromatic N) is 2. The van der Waals surface area contributed by atoms with Crippen molar-refractivity contribution in [2.24, 2.45) is 0 Å². The number of benzene rings is 2. The molecule has 138 valence electrons. The maximum absolute atomic E-state index is 12.7. The smallest absolute Gasteiger partial charge is 0.254 e.